The van der Waals surface area contributed by atoms with Crippen molar-refractivity contribution in [3.8, 4) is 0 Å². The van der Waals surface area contributed by atoms with Crippen molar-refractivity contribution in [2.75, 3.05) is 18.4 Å². The van der Waals surface area contributed by atoms with E-state index in [-0.39, 0.29) is 5.41 Å². The first kappa shape index (κ1) is 11.5. The van der Waals surface area contributed by atoms with Gasteiger partial charge in [-0.05, 0) is 25.9 Å². The van der Waals surface area contributed by atoms with Gasteiger partial charge in [-0.25, -0.2) is 0 Å². The minimum Gasteiger partial charge on any atom is -0.366 e. The van der Waals surface area contributed by atoms with Gasteiger partial charge < -0.3 is 10.6 Å². The van der Waals surface area contributed by atoms with Gasteiger partial charge in [0.2, 0.25) is 0 Å². The molecule has 0 saturated carbocycles. The smallest absolute Gasteiger partial charge is 0.148 e. The first-order valence-electron chi connectivity index (χ1n) is 6.09. The van der Waals surface area contributed by atoms with Crippen LogP contribution in [0.1, 0.15) is 39.3 Å². The molecule has 1 aliphatic heterocycles. The van der Waals surface area contributed by atoms with Crippen LogP contribution in [0.3, 0.4) is 0 Å². The van der Waals surface area contributed by atoms with Crippen LogP contribution in [-0.2, 0) is 5.41 Å². The highest BCUT2D eigenvalue weighted by Crippen LogP contribution is 2.22. The fourth-order valence-electron chi connectivity index (χ4n) is 1.96. The molecule has 0 bridgehead atoms. The summed E-state index contributed by atoms with van der Waals surface area (Å²) < 4.78 is 0. The van der Waals surface area contributed by atoms with Crippen molar-refractivity contribution >= 4 is 5.82 Å². The van der Waals surface area contributed by atoms with Gasteiger partial charge in [0.05, 0.1) is 0 Å². The van der Waals surface area contributed by atoms with Crippen molar-refractivity contribution in [1.82, 2.24) is 15.5 Å². The highest BCUT2D eigenvalue weighted by molar-refractivity contribution is 5.38. The molecular weight excluding hydrogens is 200 g/mol. The van der Waals surface area contributed by atoms with Crippen molar-refractivity contribution in [2.45, 2.75) is 45.1 Å². The summed E-state index contributed by atoms with van der Waals surface area (Å²) in [6.45, 7) is 8.78. The third-order valence-electron chi connectivity index (χ3n) is 3.08. The number of nitrogens with one attached hydrogen (secondary N) is 3. The summed E-state index contributed by atoms with van der Waals surface area (Å²) in [5.41, 5.74) is 1.32. The Kier molecular flexibility index (Phi) is 3.19. The number of aromatic nitrogens is 2. The fourth-order valence-corrected chi connectivity index (χ4v) is 1.96. The Morgan fingerprint density at radius 2 is 2.00 bits per heavy atom. The average Bonchev–Trinajstić information content (AvgIpc) is 2.67. The second kappa shape index (κ2) is 4.45. The quantitative estimate of drug-likeness (QED) is 0.716. The van der Waals surface area contributed by atoms with E-state index < -0.39 is 0 Å². The van der Waals surface area contributed by atoms with Gasteiger partial charge in [-0.3, -0.25) is 5.10 Å². The molecule has 0 amide bonds. The van der Waals surface area contributed by atoms with E-state index in [2.05, 4.69) is 47.7 Å². The Morgan fingerprint density at radius 1 is 1.31 bits per heavy atom. The van der Waals surface area contributed by atoms with E-state index in [9.17, 15) is 0 Å². The van der Waals surface area contributed by atoms with E-state index in [1.807, 2.05) is 0 Å². The highest BCUT2D eigenvalue weighted by atomic mass is 15.2. The van der Waals surface area contributed by atoms with Crippen LogP contribution in [0.4, 0.5) is 5.82 Å². The molecule has 4 heteroatoms. The molecule has 0 spiro atoms. The van der Waals surface area contributed by atoms with Crippen molar-refractivity contribution in [1.29, 1.82) is 0 Å². The maximum Gasteiger partial charge on any atom is 0.148 e. The number of H-pyrrole nitrogens is 1. The molecule has 0 aromatic carbocycles. The number of anilines is 1. The van der Waals surface area contributed by atoms with Gasteiger partial charge in [0.25, 0.3) is 0 Å². The van der Waals surface area contributed by atoms with Crippen LogP contribution in [0.25, 0.3) is 0 Å². The average molecular weight is 222 g/mol. The van der Waals surface area contributed by atoms with Gasteiger partial charge in [0.1, 0.15) is 5.82 Å². The molecule has 0 atom stereocenters. The Bertz CT molecular complexity index is 331. The maximum absolute atomic E-state index is 4.32. The van der Waals surface area contributed by atoms with Crippen LogP contribution < -0.4 is 10.6 Å². The third-order valence-corrected chi connectivity index (χ3v) is 3.08. The molecular formula is C12H22N4. The molecule has 1 fully saturated rings. The maximum atomic E-state index is 4.32. The largest absolute Gasteiger partial charge is 0.366 e. The first-order valence-corrected chi connectivity index (χ1v) is 6.09. The third kappa shape index (κ3) is 2.76. The Labute approximate surface area is 97.2 Å². The van der Waals surface area contributed by atoms with Gasteiger partial charge in [0.15, 0.2) is 0 Å². The number of aromatic amines is 1. The summed E-state index contributed by atoms with van der Waals surface area (Å²) in [6.07, 6.45) is 2.36. The molecule has 0 radical (unpaired) electrons. The molecule has 4 nitrogen and oxygen atoms in total. The van der Waals surface area contributed by atoms with Crippen LogP contribution in [0.2, 0.25) is 0 Å². The second-order valence-corrected chi connectivity index (χ2v) is 5.59. The summed E-state index contributed by atoms with van der Waals surface area (Å²) in [7, 11) is 0. The monoisotopic (exact) mass is 222 g/mol. The predicted octanol–water partition coefficient (Wildman–Crippen LogP) is 1.87. The number of piperidine rings is 1. The normalized spacial score (nSPS) is 18.7. The van der Waals surface area contributed by atoms with Gasteiger partial charge in [0, 0.05) is 23.2 Å². The van der Waals surface area contributed by atoms with Crippen LogP contribution >= 0.6 is 0 Å². The van der Waals surface area contributed by atoms with Crippen LogP contribution in [0, 0.1) is 0 Å². The molecule has 16 heavy (non-hydrogen) atoms. The van der Waals surface area contributed by atoms with E-state index in [1.165, 1.54) is 18.5 Å². The Morgan fingerprint density at radius 3 is 2.56 bits per heavy atom. The summed E-state index contributed by atoms with van der Waals surface area (Å²) in [4.78, 5) is 0. The van der Waals surface area contributed by atoms with Crippen molar-refractivity contribution < 1.29 is 0 Å². The van der Waals surface area contributed by atoms with Crippen LogP contribution in [0.5, 0.6) is 0 Å². The van der Waals surface area contributed by atoms with E-state index >= 15 is 0 Å². The van der Waals surface area contributed by atoms with Crippen molar-refractivity contribution in [3.05, 3.63) is 11.8 Å². The molecule has 0 unspecified atom stereocenters. The SMILES string of the molecule is CC(C)(C)c1cc(NC2CCNCC2)n[nH]1. The van der Waals surface area contributed by atoms with Crippen molar-refractivity contribution in [2.24, 2.45) is 0 Å². The van der Waals surface area contributed by atoms with Gasteiger partial charge in [-0.2, -0.15) is 5.10 Å². The Balaban J connectivity index is 1.97. The highest BCUT2D eigenvalue weighted by Gasteiger charge is 2.18. The summed E-state index contributed by atoms with van der Waals surface area (Å²) in [5, 5.41) is 14.3. The zero-order valence-corrected chi connectivity index (χ0v) is 10.4. The lowest BCUT2D eigenvalue weighted by atomic mass is 9.92. The summed E-state index contributed by atoms with van der Waals surface area (Å²) in [6, 6.07) is 2.69. The molecule has 1 aliphatic rings. The number of rotatable bonds is 2. The molecule has 2 rings (SSSR count). The van der Waals surface area contributed by atoms with Gasteiger partial charge >= 0.3 is 0 Å². The van der Waals surface area contributed by atoms with Crippen LogP contribution in [-0.4, -0.2) is 29.3 Å². The summed E-state index contributed by atoms with van der Waals surface area (Å²) in [5.74, 6) is 0.983. The lowest BCUT2D eigenvalue weighted by Crippen LogP contribution is -2.35. The standard InChI is InChI=1S/C12H22N4/c1-12(2,3)10-8-11(16-15-10)14-9-4-6-13-7-5-9/h8-9,13H,4-7H2,1-3H3,(H2,14,15,16). The molecule has 1 aromatic rings. The molecule has 90 valence electrons. The van der Waals surface area contributed by atoms with E-state index in [1.54, 1.807) is 0 Å². The number of hydrogen-bond acceptors (Lipinski definition) is 3. The van der Waals surface area contributed by atoms with E-state index in [4.69, 9.17) is 0 Å². The molecule has 0 aliphatic carbocycles. The minimum absolute atomic E-state index is 0.140. The van der Waals surface area contributed by atoms with E-state index in [0.29, 0.717) is 6.04 Å². The zero-order valence-electron chi connectivity index (χ0n) is 10.4. The molecule has 2 heterocycles. The Hall–Kier alpha value is -1.03. The van der Waals surface area contributed by atoms with E-state index in [0.717, 1.165) is 18.9 Å². The summed E-state index contributed by atoms with van der Waals surface area (Å²) >= 11 is 0. The minimum atomic E-state index is 0.140. The van der Waals surface area contributed by atoms with Gasteiger partial charge in [-0.1, -0.05) is 20.8 Å². The zero-order chi connectivity index (χ0) is 11.6. The van der Waals surface area contributed by atoms with Gasteiger partial charge in [-0.15, -0.1) is 0 Å². The first-order chi connectivity index (χ1) is 7.55. The van der Waals surface area contributed by atoms with Crippen molar-refractivity contribution in [3.63, 3.8) is 0 Å². The second-order valence-electron chi connectivity index (χ2n) is 5.59. The lowest BCUT2D eigenvalue weighted by molar-refractivity contribution is 0.478. The lowest BCUT2D eigenvalue weighted by Gasteiger charge is -2.23. The topological polar surface area (TPSA) is 52.7 Å². The molecule has 3 N–H and O–H groups in total. The number of nitrogens with zero attached hydrogens (tertiary/aromatic N) is 1. The van der Waals surface area contributed by atoms with Crippen LogP contribution in [0.15, 0.2) is 6.07 Å². The number of hydrogen-bond donors (Lipinski definition) is 3. The predicted molar refractivity (Wildman–Crippen MR) is 66.8 cm³/mol. The molecule has 1 saturated heterocycles. The fraction of sp³-hybridized carbons (Fsp3) is 0.750. The molecule has 1 aromatic heterocycles.